The van der Waals surface area contributed by atoms with Gasteiger partial charge in [0, 0.05) is 0 Å². The van der Waals surface area contributed by atoms with E-state index >= 15 is 0 Å². The van der Waals surface area contributed by atoms with Crippen LogP contribution in [0.3, 0.4) is 0 Å². The van der Waals surface area contributed by atoms with Gasteiger partial charge in [-0.3, -0.25) is 0 Å². The predicted octanol–water partition coefficient (Wildman–Crippen LogP) is 3.00. The minimum Gasteiger partial charge on any atom is -0.0790 e. The molecule has 0 N–H and O–H groups in total. The van der Waals surface area contributed by atoms with E-state index in [9.17, 15) is 0 Å². The monoisotopic (exact) mass is 124 g/mol. The number of hydrogen-bond donors (Lipinski definition) is 0. The zero-order chi connectivity index (χ0) is 7.07. The van der Waals surface area contributed by atoms with Gasteiger partial charge in [-0.2, -0.15) is 0 Å². The second-order valence-electron chi connectivity index (χ2n) is 3.67. The van der Waals surface area contributed by atoms with Crippen LogP contribution in [0.2, 0.25) is 0 Å². The zero-order valence-corrected chi connectivity index (χ0v) is 6.86. The van der Waals surface area contributed by atoms with Gasteiger partial charge in [-0.1, -0.05) is 32.4 Å². The van der Waals surface area contributed by atoms with E-state index in [0.29, 0.717) is 5.41 Å². The standard InChI is InChI=1S/C9H16/c1-5-8-7(2)6-9(8,3)4/h6,8H,5H2,1-4H3. The number of hydrogen-bond acceptors (Lipinski definition) is 0. The highest BCUT2D eigenvalue weighted by molar-refractivity contribution is 5.24. The van der Waals surface area contributed by atoms with Gasteiger partial charge < -0.3 is 0 Å². The third-order valence-electron chi connectivity index (χ3n) is 2.46. The molecule has 0 spiro atoms. The van der Waals surface area contributed by atoms with Crippen LogP contribution in [0, 0.1) is 11.3 Å². The topological polar surface area (TPSA) is 0 Å². The van der Waals surface area contributed by atoms with Crippen molar-refractivity contribution >= 4 is 0 Å². The van der Waals surface area contributed by atoms with Crippen LogP contribution in [0.5, 0.6) is 0 Å². The van der Waals surface area contributed by atoms with Crippen LogP contribution in [0.15, 0.2) is 11.6 Å². The Hall–Kier alpha value is -0.260. The molecule has 1 unspecified atom stereocenters. The van der Waals surface area contributed by atoms with E-state index in [4.69, 9.17) is 0 Å². The van der Waals surface area contributed by atoms with Crippen molar-refractivity contribution in [3.05, 3.63) is 11.6 Å². The summed E-state index contributed by atoms with van der Waals surface area (Å²) in [5, 5.41) is 0. The summed E-state index contributed by atoms with van der Waals surface area (Å²) in [4.78, 5) is 0. The normalized spacial score (nSPS) is 31.1. The zero-order valence-electron chi connectivity index (χ0n) is 6.86. The first kappa shape index (κ1) is 6.85. The molecule has 1 atom stereocenters. The van der Waals surface area contributed by atoms with Crippen molar-refractivity contribution < 1.29 is 0 Å². The van der Waals surface area contributed by atoms with E-state index in [0.717, 1.165) is 5.92 Å². The summed E-state index contributed by atoms with van der Waals surface area (Å²) < 4.78 is 0. The fourth-order valence-corrected chi connectivity index (χ4v) is 2.13. The minimum atomic E-state index is 0.499. The molecule has 0 amide bonds. The fraction of sp³-hybridized carbons (Fsp3) is 0.778. The Labute approximate surface area is 58.0 Å². The molecule has 0 radical (unpaired) electrons. The van der Waals surface area contributed by atoms with Crippen molar-refractivity contribution in [2.75, 3.05) is 0 Å². The van der Waals surface area contributed by atoms with Crippen molar-refractivity contribution in [1.82, 2.24) is 0 Å². The van der Waals surface area contributed by atoms with Crippen LogP contribution in [0.25, 0.3) is 0 Å². The highest BCUT2D eigenvalue weighted by atomic mass is 14.4. The van der Waals surface area contributed by atoms with Gasteiger partial charge in [0.2, 0.25) is 0 Å². The van der Waals surface area contributed by atoms with E-state index in [1.165, 1.54) is 6.42 Å². The maximum absolute atomic E-state index is 2.38. The third-order valence-corrected chi connectivity index (χ3v) is 2.46. The maximum Gasteiger partial charge on any atom is -0.0107 e. The SMILES string of the molecule is CCC1C(C)=CC1(C)C. The molecule has 0 heterocycles. The predicted molar refractivity (Wildman–Crippen MR) is 41.3 cm³/mol. The van der Waals surface area contributed by atoms with Crippen LogP contribution in [-0.2, 0) is 0 Å². The Kier molecular flexibility index (Phi) is 1.42. The van der Waals surface area contributed by atoms with Gasteiger partial charge in [-0.15, -0.1) is 0 Å². The van der Waals surface area contributed by atoms with E-state index in [-0.39, 0.29) is 0 Å². The lowest BCUT2D eigenvalue weighted by Gasteiger charge is -2.41. The van der Waals surface area contributed by atoms with Gasteiger partial charge in [0.25, 0.3) is 0 Å². The Morgan fingerprint density at radius 3 is 2.22 bits per heavy atom. The Bertz CT molecular complexity index is 140. The summed E-state index contributed by atoms with van der Waals surface area (Å²) in [6.07, 6.45) is 3.68. The van der Waals surface area contributed by atoms with Crippen LogP contribution in [0.4, 0.5) is 0 Å². The summed E-state index contributed by atoms with van der Waals surface area (Å²) in [5.41, 5.74) is 2.08. The van der Waals surface area contributed by atoms with Crippen molar-refractivity contribution in [1.29, 1.82) is 0 Å². The second-order valence-corrected chi connectivity index (χ2v) is 3.67. The molecule has 1 aliphatic carbocycles. The first-order valence-corrected chi connectivity index (χ1v) is 3.77. The van der Waals surface area contributed by atoms with Crippen molar-refractivity contribution in [3.8, 4) is 0 Å². The minimum absolute atomic E-state index is 0.499. The van der Waals surface area contributed by atoms with Crippen LogP contribution in [-0.4, -0.2) is 0 Å². The molecule has 0 saturated carbocycles. The highest BCUT2D eigenvalue weighted by Crippen LogP contribution is 2.45. The van der Waals surface area contributed by atoms with E-state index in [1.807, 2.05) is 0 Å². The Morgan fingerprint density at radius 1 is 1.56 bits per heavy atom. The number of allylic oxidation sites excluding steroid dienone is 2. The molecular formula is C9H16. The summed E-state index contributed by atoms with van der Waals surface area (Å²) in [6.45, 7) is 9.13. The van der Waals surface area contributed by atoms with E-state index in [1.54, 1.807) is 5.57 Å². The largest absolute Gasteiger partial charge is 0.0790 e. The molecular weight excluding hydrogens is 108 g/mol. The molecule has 0 aliphatic heterocycles. The van der Waals surface area contributed by atoms with E-state index in [2.05, 4.69) is 33.8 Å². The van der Waals surface area contributed by atoms with Gasteiger partial charge in [-0.05, 0) is 24.7 Å². The summed E-state index contributed by atoms with van der Waals surface area (Å²) in [6, 6.07) is 0. The van der Waals surface area contributed by atoms with E-state index < -0.39 is 0 Å². The summed E-state index contributed by atoms with van der Waals surface area (Å²) in [7, 11) is 0. The molecule has 0 fully saturated rings. The first-order valence-electron chi connectivity index (χ1n) is 3.77. The maximum atomic E-state index is 2.38. The molecule has 9 heavy (non-hydrogen) atoms. The smallest absolute Gasteiger partial charge is 0.0107 e. The Balaban J connectivity index is 2.68. The first-order chi connectivity index (χ1) is 4.08. The quantitative estimate of drug-likeness (QED) is 0.471. The van der Waals surface area contributed by atoms with Crippen LogP contribution >= 0.6 is 0 Å². The summed E-state index contributed by atoms with van der Waals surface area (Å²) >= 11 is 0. The van der Waals surface area contributed by atoms with Gasteiger partial charge in [0.05, 0.1) is 0 Å². The average molecular weight is 124 g/mol. The molecule has 1 rings (SSSR count). The molecule has 0 aromatic heterocycles. The van der Waals surface area contributed by atoms with Crippen molar-refractivity contribution in [3.63, 3.8) is 0 Å². The lowest BCUT2D eigenvalue weighted by molar-refractivity contribution is 0.266. The average Bonchev–Trinajstić information content (AvgIpc) is 1.63. The molecule has 0 aromatic carbocycles. The van der Waals surface area contributed by atoms with Crippen LogP contribution in [0.1, 0.15) is 34.1 Å². The fourth-order valence-electron chi connectivity index (χ4n) is 2.13. The molecule has 0 saturated heterocycles. The molecule has 0 aromatic rings. The molecule has 0 bridgehead atoms. The number of rotatable bonds is 1. The van der Waals surface area contributed by atoms with Crippen molar-refractivity contribution in [2.45, 2.75) is 34.1 Å². The van der Waals surface area contributed by atoms with Crippen LogP contribution < -0.4 is 0 Å². The molecule has 52 valence electrons. The molecule has 0 nitrogen and oxygen atoms in total. The summed E-state index contributed by atoms with van der Waals surface area (Å²) in [5.74, 6) is 0.859. The van der Waals surface area contributed by atoms with Gasteiger partial charge in [-0.25, -0.2) is 0 Å². The Morgan fingerprint density at radius 2 is 2.11 bits per heavy atom. The lowest BCUT2D eigenvalue weighted by atomic mass is 9.64. The van der Waals surface area contributed by atoms with Crippen molar-refractivity contribution in [2.24, 2.45) is 11.3 Å². The van der Waals surface area contributed by atoms with Gasteiger partial charge >= 0.3 is 0 Å². The molecule has 1 aliphatic rings. The second kappa shape index (κ2) is 1.86. The molecule has 0 heteroatoms. The van der Waals surface area contributed by atoms with Gasteiger partial charge in [0.1, 0.15) is 0 Å². The highest BCUT2D eigenvalue weighted by Gasteiger charge is 2.34. The van der Waals surface area contributed by atoms with Gasteiger partial charge in [0.15, 0.2) is 0 Å². The lowest BCUT2D eigenvalue weighted by Crippen LogP contribution is -2.31. The third kappa shape index (κ3) is 0.910.